The molecule has 20 heavy (non-hydrogen) atoms. The molecular weight excluding hydrogens is 262 g/mol. The van der Waals surface area contributed by atoms with E-state index in [0.29, 0.717) is 18.8 Å². The molecule has 0 radical (unpaired) electrons. The maximum Gasteiger partial charge on any atom is 0.330 e. The van der Waals surface area contributed by atoms with Crippen LogP contribution in [0.3, 0.4) is 0 Å². The van der Waals surface area contributed by atoms with Crippen molar-refractivity contribution in [2.75, 3.05) is 20.7 Å². The highest BCUT2D eigenvalue weighted by Gasteiger charge is 2.16. The van der Waals surface area contributed by atoms with Crippen LogP contribution in [0.1, 0.15) is 12.6 Å². The fourth-order valence-corrected chi connectivity index (χ4v) is 2.01. The fraction of sp³-hybridized carbons (Fsp3) is 0.615. The van der Waals surface area contributed by atoms with E-state index in [4.69, 9.17) is 0 Å². The molecule has 0 amide bonds. The molecule has 1 atom stereocenters. The smallest absolute Gasteiger partial charge is 0.330 e. The summed E-state index contributed by atoms with van der Waals surface area (Å²) in [6.45, 7) is 2.66. The zero-order valence-electron chi connectivity index (χ0n) is 12.5. The second kappa shape index (κ2) is 6.51. The van der Waals surface area contributed by atoms with E-state index < -0.39 is 0 Å². The Morgan fingerprint density at radius 2 is 1.95 bits per heavy atom. The number of methoxy groups -OCH3 is 1. The molecule has 1 aromatic rings. The summed E-state index contributed by atoms with van der Waals surface area (Å²) < 4.78 is 7.15. The summed E-state index contributed by atoms with van der Waals surface area (Å²) >= 11 is 0. The molecule has 7 heteroatoms. The van der Waals surface area contributed by atoms with Crippen molar-refractivity contribution in [2.45, 2.75) is 13.5 Å². The van der Waals surface area contributed by atoms with E-state index in [1.807, 2.05) is 11.9 Å². The minimum absolute atomic E-state index is 0.270. The molecule has 1 heterocycles. The van der Waals surface area contributed by atoms with Crippen LogP contribution in [0.2, 0.25) is 0 Å². The van der Waals surface area contributed by atoms with Crippen molar-refractivity contribution >= 4 is 5.97 Å². The predicted molar refractivity (Wildman–Crippen MR) is 74.4 cm³/mol. The summed E-state index contributed by atoms with van der Waals surface area (Å²) in [6, 6.07) is 1.43. The lowest BCUT2D eigenvalue weighted by atomic mass is 10.1. The van der Waals surface area contributed by atoms with Gasteiger partial charge in [-0.15, -0.1) is 0 Å². The second-order valence-electron chi connectivity index (χ2n) is 5.00. The molecule has 1 unspecified atom stereocenters. The summed E-state index contributed by atoms with van der Waals surface area (Å²) in [5.74, 6) is -0.553. The van der Waals surface area contributed by atoms with Crippen LogP contribution < -0.4 is 11.2 Å². The topological polar surface area (TPSA) is 73.5 Å². The van der Waals surface area contributed by atoms with Crippen LogP contribution in [0.15, 0.2) is 15.7 Å². The van der Waals surface area contributed by atoms with Crippen molar-refractivity contribution in [3.63, 3.8) is 0 Å². The van der Waals surface area contributed by atoms with Crippen molar-refractivity contribution < 1.29 is 9.53 Å². The maximum absolute atomic E-state index is 11.8. The van der Waals surface area contributed by atoms with Gasteiger partial charge in [0.1, 0.15) is 0 Å². The number of ether oxygens (including phenoxy) is 1. The van der Waals surface area contributed by atoms with Crippen LogP contribution in [0.25, 0.3) is 0 Å². The zero-order valence-corrected chi connectivity index (χ0v) is 12.5. The van der Waals surface area contributed by atoms with Crippen molar-refractivity contribution in [1.82, 2.24) is 14.0 Å². The number of hydrogen-bond donors (Lipinski definition) is 0. The Balaban J connectivity index is 2.87. The number of esters is 1. The Morgan fingerprint density at radius 1 is 1.35 bits per heavy atom. The van der Waals surface area contributed by atoms with Gasteiger partial charge in [-0.1, -0.05) is 6.92 Å². The molecule has 0 saturated heterocycles. The van der Waals surface area contributed by atoms with E-state index >= 15 is 0 Å². The molecule has 1 aromatic heterocycles. The lowest BCUT2D eigenvalue weighted by Gasteiger charge is -2.21. The van der Waals surface area contributed by atoms with Gasteiger partial charge in [0.15, 0.2) is 0 Å². The van der Waals surface area contributed by atoms with E-state index in [-0.39, 0.29) is 23.1 Å². The van der Waals surface area contributed by atoms with Gasteiger partial charge in [0.2, 0.25) is 0 Å². The van der Waals surface area contributed by atoms with E-state index in [1.165, 1.54) is 24.8 Å². The summed E-state index contributed by atoms with van der Waals surface area (Å²) in [4.78, 5) is 36.7. The third-order valence-electron chi connectivity index (χ3n) is 3.25. The highest BCUT2D eigenvalue weighted by atomic mass is 16.5. The molecule has 0 aliphatic heterocycles. The highest BCUT2D eigenvalue weighted by molar-refractivity contribution is 5.72. The summed E-state index contributed by atoms with van der Waals surface area (Å²) in [5, 5.41) is 0. The van der Waals surface area contributed by atoms with Gasteiger partial charge < -0.3 is 4.74 Å². The molecule has 0 fully saturated rings. The largest absolute Gasteiger partial charge is 0.469 e. The van der Waals surface area contributed by atoms with Gasteiger partial charge in [0.05, 0.1) is 13.0 Å². The molecule has 1 rings (SSSR count). The van der Waals surface area contributed by atoms with Crippen LogP contribution >= 0.6 is 0 Å². The molecule has 0 aliphatic rings. The monoisotopic (exact) mass is 283 g/mol. The van der Waals surface area contributed by atoms with Gasteiger partial charge in [-0.05, 0) is 7.05 Å². The average molecular weight is 283 g/mol. The molecule has 0 aromatic carbocycles. The third kappa shape index (κ3) is 3.57. The van der Waals surface area contributed by atoms with Crippen LogP contribution in [-0.2, 0) is 30.2 Å². The Hall–Kier alpha value is -1.89. The van der Waals surface area contributed by atoms with Crippen molar-refractivity contribution in [1.29, 1.82) is 0 Å². The van der Waals surface area contributed by atoms with Crippen LogP contribution in [0, 0.1) is 5.92 Å². The number of rotatable bonds is 5. The normalized spacial score (nSPS) is 12.5. The minimum Gasteiger partial charge on any atom is -0.469 e. The van der Waals surface area contributed by atoms with Crippen LogP contribution in [0.4, 0.5) is 0 Å². The molecule has 112 valence electrons. The van der Waals surface area contributed by atoms with E-state index in [9.17, 15) is 14.4 Å². The van der Waals surface area contributed by atoms with Gasteiger partial charge in [-0.3, -0.25) is 23.6 Å². The predicted octanol–water partition coefficient (Wildman–Crippen LogP) is -0.675. The number of nitrogens with zero attached hydrogens (tertiary/aromatic N) is 3. The Kier molecular flexibility index (Phi) is 5.26. The number of aromatic nitrogens is 2. The summed E-state index contributed by atoms with van der Waals surface area (Å²) in [5.41, 5.74) is -0.0860. The lowest BCUT2D eigenvalue weighted by Crippen LogP contribution is -2.39. The molecule has 7 nitrogen and oxygen atoms in total. The van der Waals surface area contributed by atoms with Crippen molar-refractivity contribution in [3.8, 4) is 0 Å². The Bertz CT molecular complexity index is 603. The average Bonchev–Trinajstić information content (AvgIpc) is 2.41. The maximum atomic E-state index is 11.8. The van der Waals surface area contributed by atoms with Crippen molar-refractivity contribution in [2.24, 2.45) is 20.0 Å². The number of carbonyl (C=O) groups is 1. The lowest BCUT2D eigenvalue weighted by molar-refractivity contribution is -0.145. The van der Waals surface area contributed by atoms with E-state index in [2.05, 4.69) is 4.74 Å². The minimum atomic E-state index is -0.359. The highest BCUT2D eigenvalue weighted by Crippen LogP contribution is 2.04. The van der Waals surface area contributed by atoms with Gasteiger partial charge in [-0.25, -0.2) is 4.79 Å². The van der Waals surface area contributed by atoms with Crippen LogP contribution in [-0.4, -0.2) is 40.7 Å². The number of carbonyl (C=O) groups excluding carboxylic acids is 1. The molecule has 0 spiro atoms. The van der Waals surface area contributed by atoms with Gasteiger partial charge >= 0.3 is 11.7 Å². The molecular formula is C13H21N3O4. The Morgan fingerprint density at radius 3 is 2.50 bits per heavy atom. The van der Waals surface area contributed by atoms with Crippen molar-refractivity contribution in [3.05, 3.63) is 32.6 Å². The van der Waals surface area contributed by atoms with Gasteiger partial charge in [-0.2, -0.15) is 0 Å². The third-order valence-corrected chi connectivity index (χ3v) is 3.25. The zero-order chi connectivity index (χ0) is 15.4. The Labute approximate surface area is 117 Å². The van der Waals surface area contributed by atoms with Gasteiger partial charge in [0.25, 0.3) is 5.56 Å². The first-order valence-electron chi connectivity index (χ1n) is 6.30. The van der Waals surface area contributed by atoms with E-state index in [0.717, 1.165) is 4.57 Å². The summed E-state index contributed by atoms with van der Waals surface area (Å²) in [6.07, 6.45) is 0. The molecule has 0 bridgehead atoms. The molecule has 0 N–H and O–H groups in total. The SMILES string of the molecule is COC(=O)C(C)CN(C)Cc1cc(=O)n(C)c(=O)n1C. The first-order valence-corrected chi connectivity index (χ1v) is 6.30. The van der Waals surface area contributed by atoms with E-state index in [1.54, 1.807) is 14.0 Å². The van der Waals surface area contributed by atoms with Crippen LogP contribution in [0.5, 0.6) is 0 Å². The quantitative estimate of drug-likeness (QED) is 0.670. The first-order chi connectivity index (χ1) is 9.27. The molecule has 0 saturated carbocycles. The molecule has 0 aliphatic carbocycles. The first kappa shape index (κ1) is 16.2. The van der Waals surface area contributed by atoms with Gasteiger partial charge in [0, 0.05) is 38.9 Å². The number of hydrogen-bond acceptors (Lipinski definition) is 5. The summed E-state index contributed by atoms with van der Waals surface area (Å²) in [7, 11) is 6.23. The fourth-order valence-electron chi connectivity index (χ4n) is 2.01. The standard InChI is InChI=1S/C13H21N3O4/c1-9(12(18)20-5)7-14(2)8-10-6-11(17)16(4)13(19)15(10)3/h6,9H,7-8H2,1-5H3. The second-order valence-corrected chi connectivity index (χ2v) is 5.00.